The highest BCUT2D eigenvalue weighted by molar-refractivity contribution is 7.91. The van der Waals surface area contributed by atoms with E-state index in [1.807, 2.05) is 13.0 Å². The summed E-state index contributed by atoms with van der Waals surface area (Å²) in [7, 11) is -3.58. The Kier molecular flexibility index (Phi) is 6.32. The molecular formula is C17H18Cl2N2O4S2. The second-order valence-electron chi connectivity index (χ2n) is 6.07. The van der Waals surface area contributed by atoms with E-state index in [-0.39, 0.29) is 29.8 Å². The normalized spacial score (nSPS) is 15.7. The Morgan fingerprint density at radius 1 is 1.15 bits per heavy atom. The molecule has 0 atom stereocenters. The van der Waals surface area contributed by atoms with Crippen LogP contribution in [0.1, 0.15) is 5.56 Å². The largest absolute Gasteiger partial charge is 0.482 e. The third kappa shape index (κ3) is 4.75. The minimum absolute atomic E-state index is 0.142. The van der Waals surface area contributed by atoms with Crippen LogP contribution in [0.15, 0.2) is 34.5 Å². The fourth-order valence-electron chi connectivity index (χ4n) is 2.69. The molecule has 0 radical (unpaired) electrons. The van der Waals surface area contributed by atoms with Crippen molar-refractivity contribution in [2.75, 3.05) is 32.8 Å². The molecule has 1 aliphatic heterocycles. The first-order chi connectivity index (χ1) is 12.8. The summed E-state index contributed by atoms with van der Waals surface area (Å²) in [6, 6.07) is 8.41. The summed E-state index contributed by atoms with van der Waals surface area (Å²) in [4.78, 5) is 14.0. The molecule has 0 unspecified atom stereocenters. The number of piperazine rings is 1. The van der Waals surface area contributed by atoms with E-state index < -0.39 is 10.0 Å². The van der Waals surface area contributed by atoms with E-state index in [1.54, 1.807) is 23.1 Å². The molecule has 2 heterocycles. The molecule has 6 nitrogen and oxygen atoms in total. The van der Waals surface area contributed by atoms with E-state index in [0.29, 0.717) is 28.2 Å². The second kappa shape index (κ2) is 8.36. The van der Waals surface area contributed by atoms with Crippen molar-refractivity contribution in [3.05, 3.63) is 45.3 Å². The van der Waals surface area contributed by atoms with Gasteiger partial charge in [-0.25, -0.2) is 8.42 Å². The van der Waals surface area contributed by atoms with Crippen molar-refractivity contribution in [3.8, 4) is 5.75 Å². The maximum Gasteiger partial charge on any atom is 0.260 e. The molecule has 0 spiro atoms. The third-order valence-corrected chi connectivity index (χ3v) is 8.08. The van der Waals surface area contributed by atoms with Crippen molar-refractivity contribution in [2.45, 2.75) is 11.1 Å². The van der Waals surface area contributed by atoms with Gasteiger partial charge < -0.3 is 9.64 Å². The van der Waals surface area contributed by atoms with Crippen LogP contribution in [0, 0.1) is 6.92 Å². The Balaban J connectivity index is 1.55. The number of carbonyl (C=O) groups is 1. The Labute approximate surface area is 172 Å². The lowest BCUT2D eigenvalue weighted by Crippen LogP contribution is -2.51. The maximum absolute atomic E-state index is 12.6. The van der Waals surface area contributed by atoms with Gasteiger partial charge in [0.05, 0.1) is 9.36 Å². The van der Waals surface area contributed by atoms with E-state index >= 15 is 0 Å². The molecule has 1 aromatic carbocycles. The van der Waals surface area contributed by atoms with Crippen LogP contribution in [-0.2, 0) is 14.8 Å². The number of benzene rings is 1. The third-order valence-electron chi connectivity index (χ3n) is 4.17. The van der Waals surface area contributed by atoms with E-state index in [1.165, 1.54) is 10.4 Å². The zero-order valence-electron chi connectivity index (χ0n) is 14.5. The van der Waals surface area contributed by atoms with E-state index in [0.717, 1.165) is 16.9 Å². The average Bonchev–Trinajstić information content (AvgIpc) is 3.09. The van der Waals surface area contributed by atoms with Crippen LogP contribution in [0.4, 0.5) is 0 Å². The Morgan fingerprint density at radius 3 is 2.48 bits per heavy atom. The fourth-order valence-corrected chi connectivity index (χ4v) is 5.92. The van der Waals surface area contributed by atoms with Gasteiger partial charge in [-0.05, 0) is 36.8 Å². The maximum atomic E-state index is 12.6. The van der Waals surface area contributed by atoms with Crippen LogP contribution in [0.2, 0.25) is 9.36 Å². The molecule has 0 N–H and O–H groups in total. The van der Waals surface area contributed by atoms with E-state index in [2.05, 4.69) is 0 Å². The number of aryl methyl sites for hydroxylation is 1. The van der Waals surface area contributed by atoms with Crippen molar-refractivity contribution in [1.29, 1.82) is 0 Å². The number of carbonyl (C=O) groups excluding carboxylic acids is 1. The summed E-state index contributed by atoms with van der Waals surface area (Å²) in [5.74, 6) is 0.254. The molecule has 1 saturated heterocycles. The lowest BCUT2D eigenvalue weighted by molar-refractivity contribution is -0.134. The first kappa shape index (κ1) is 20.4. The van der Waals surface area contributed by atoms with Gasteiger partial charge in [-0.3, -0.25) is 4.79 Å². The lowest BCUT2D eigenvalue weighted by Gasteiger charge is -2.33. The minimum atomic E-state index is -3.58. The minimum Gasteiger partial charge on any atom is -0.482 e. The van der Waals surface area contributed by atoms with Gasteiger partial charge in [-0.2, -0.15) is 4.31 Å². The van der Waals surface area contributed by atoms with Gasteiger partial charge >= 0.3 is 0 Å². The summed E-state index contributed by atoms with van der Waals surface area (Å²) in [6.07, 6.45) is 0. The van der Waals surface area contributed by atoms with Gasteiger partial charge in [0.1, 0.15) is 9.96 Å². The Morgan fingerprint density at radius 2 is 1.85 bits per heavy atom. The second-order valence-corrected chi connectivity index (χ2v) is 10.4. The van der Waals surface area contributed by atoms with Crippen LogP contribution in [0.5, 0.6) is 5.75 Å². The van der Waals surface area contributed by atoms with Gasteiger partial charge in [0, 0.05) is 26.2 Å². The number of ether oxygens (including phenoxy) is 1. The summed E-state index contributed by atoms with van der Waals surface area (Å²) in [6.45, 7) is 2.84. The summed E-state index contributed by atoms with van der Waals surface area (Å²) < 4.78 is 32.7. The van der Waals surface area contributed by atoms with Crippen LogP contribution >= 0.6 is 34.5 Å². The molecule has 2 aromatic rings. The summed E-state index contributed by atoms with van der Waals surface area (Å²) in [5.41, 5.74) is 0.981. The zero-order valence-corrected chi connectivity index (χ0v) is 17.7. The highest BCUT2D eigenvalue weighted by Gasteiger charge is 2.31. The highest BCUT2D eigenvalue weighted by atomic mass is 35.5. The average molecular weight is 449 g/mol. The van der Waals surface area contributed by atoms with Crippen LogP contribution in [0.3, 0.4) is 0 Å². The van der Waals surface area contributed by atoms with Gasteiger partial charge in [-0.15, -0.1) is 11.3 Å². The number of hydrogen-bond donors (Lipinski definition) is 0. The Hall–Kier alpha value is -1.32. The number of sulfonamides is 1. The van der Waals surface area contributed by atoms with Gasteiger partial charge in [-0.1, -0.05) is 29.3 Å². The first-order valence-electron chi connectivity index (χ1n) is 8.19. The van der Waals surface area contributed by atoms with E-state index in [9.17, 15) is 13.2 Å². The van der Waals surface area contributed by atoms with Crippen molar-refractivity contribution in [3.63, 3.8) is 0 Å². The summed E-state index contributed by atoms with van der Waals surface area (Å²) >= 11 is 12.9. The molecule has 0 saturated carbocycles. The van der Waals surface area contributed by atoms with Crippen molar-refractivity contribution in [2.24, 2.45) is 0 Å². The predicted molar refractivity (Wildman–Crippen MR) is 106 cm³/mol. The van der Waals surface area contributed by atoms with Gasteiger partial charge in [0.25, 0.3) is 15.9 Å². The van der Waals surface area contributed by atoms with Crippen LogP contribution in [0.25, 0.3) is 0 Å². The number of halogens is 2. The SMILES string of the molecule is Cc1ccc(Cl)c(OCC(=O)N2CCN(S(=O)(=O)c3ccc(Cl)s3)CC2)c1. The van der Waals surface area contributed by atoms with Crippen LogP contribution in [-0.4, -0.2) is 56.3 Å². The van der Waals surface area contributed by atoms with Crippen LogP contribution < -0.4 is 4.74 Å². The quantitative estimate of drug-likeness (QED) is 0.703. The highest BCUT2D eigenvalue weighted by Crippen LogP contribution is 2.29. The number of nitrogens with zero attached hydrogens (tertiary/aromatic N) is 2. The molecule has 3 rings (SSSR count). The number of rotatable bonds is 5. The topological polar surface area (TPSA) is 66.9 Å². The molecular weight excluding hydrogens is 431 g/mol. The van der Waals surface area contributed by atoms with Crippen molar-refractivity contribution >= 4 is 50.5 Å². The predicted octanol–water partition coefficient (Wildman–Crippen LogP) is 3.28. The van der Waals surface area contributed by atoms with Gasteiger partial charge in [0.15, 0.2) is 6.61 Å². The molecule has 10 heteroatoms. The number of amides is 1. The Bertz CT molecular complexity index is 938. The molecule has 1 amide bonds. The molecule has 146 valence electrons. The molecule has 1 aromatic heterocycles. The smallest absolute Gasteiger partial charge is 0.260 e. The zero-order chi connectivity index (χ0) is 19.6. The van der Waals surface area contributed by atoms with Crippen molar-refractivity contribution in [1.82, 2.24) is 9.21 Å². The number of hydrogen-bond acceptors (Lipinski definition) is 5. The summed E-state index contributed by atoms with van der Waals surface area (Å²) in [5, 5.41) is 0.443. The molecule has 1 aliphatic rings. The van der Waals surface area contributed by atoms with E-state index in [4.69, 9.17) is 27.9 Å². The molecule has 0 bridgehead atoms. The monoisotopic (exact) mass is 448 g/mol. The lowest BCUT2D eigenvalue weighted by atomic mass is 10.2. The number of thiophene rings is 1. The fraction of sp³-hybridized carbons (Fsp3) is 0.353. The van der Waals surface area contributed by atoms with Gasteiger partial charge in [0.2, 0.25) is 0 Å². The van der Waals surface area contributed by atoms with Crippen molar-refractivity contribution < 1.29 is 17.9 Å². The standard InChI is InChI=1S/C17H18Cl2N2O4S2/c1-12-2-3-13(18)14(10-12)25-11-16(22)20-6-8-21(9-7-20)27(23,24)17-5-4-15(19)26-17/h2-5,10H,6-9,11H2,1H3. The molecule has 1 fully saturated rings. The molecule has 0 aliphatic carbocycles. The first-order valence-corrected chi connectivity index (χ1v) is 11.2. The molecule has 27 heavy (non-hydrogen) atoms.